The van der Waals surface area contributed by atoms with Crippen molar-refractivity contribution in [3.8, 4) is 0 Å². The van der Waals surface area contributed by atoms with Crippen LogP contribution in [0, 0.1) is 0 Å². The second-order valence-electron chi connectivity index (χ2n) is 5.53. The van der Waals surface area contributed by atoms with E-state index in [2.05, 4.69) is 12.1 Å². The second kappa shape index (κ2) is 5.46. The van der Waals surface area contributed by atoms with Crippen LogP contribution in [0.25, 0.3) is 0 Å². The lowest BCUT2D eigenvalue weighted by Gasteiger charge is -2.40. The highest BCUT2D eigenvalue weighted by molar-refractivity contribution is 7.99. The Labute approximate surface area is 128 Å². The van der Waals surface area contributed by atoms with Crippen LogP contribution in [0.4, 0.5) is 0 Å². The van der Waals surface area contributed by atoms with Crippen LogP contribution in [0.2, 0.25) is 0 Å². The molecule has 1 heterocycles. The van der Waals surface area contributed by atoms with Gasteiger partial charge in [0.1, 0.15) is 5.60 Å². The average molecular weight is 302 g/mol. The summed E-state index contributed by atoms with van der Waals surface area (Å²) in [6.07, 6.45) is 0. The van der Waals surface area contributed by atoms with E-state index in [4.69, 9.17) is 9.78 Å². The first-order chi connectivity index (χ1) is 10.0. The Hall–Kier alpha value is -1.33. The molecule has 4 heteroatoms. The lowest BCUT2D eigenvalue weighted by Crippen LogP contribution is -2.42. The maximum absolute atomic E-state index is 10.3. The average Bonchev–Trinajstić information content (AvgIpc) is 2.51. The fraction of sp³-hybridized carbons (Fsp3) is 0.294. The van der Waals surface area contributed by atoms with Crippen molar-refractivity contribution in [3.05, 3.63) is 65.7 Å². The number of benzene rings is 2. The molecule has 1 unspecified atom stereocenters. The van der Waals surface area contributed by atoms with Crippen molar-refractivity contribution in [1.82, 2.24) is 0 Å². The highest BCUT2D eigenvalue weighted by Gasteiger charge is 2.44. The summed E-state index contributed by atoms with van der Waals surface area (Å²) in [5.41, 5.74) is 1.12. The standard InChI is InChI=1S/C17H18O3S/c1-16(12-21-13-8-4-3-5-9-13)14-10-6-7-11-15(14)17(2,18)20-19-16/h3-11,18H,12H2,1-2H3/t16-,17?/m0/s1. The highest BCUT2D eigenvalue weighted by Crippen LogP contribution is 2.43. The zero-order chi connectivity index (χ0) is 14.9. The van der Waals surface area contributed by atoms with Crippen molar-refractivity contribution < 1.29 is 14.9 Å². The van der Waals surface area contributed by atoms with Gasteiger partial charge in [0, 0.05) is 16.2 Å². The monoisotopic (exact) mass is 302 g/mol. The van der Waals surface area contributed by atoms with Crippen molar-refractivity contribution in [3.63, 3.8) is 0 Å². The van der Waals surface area contributed by atoms with Crippen LogP contribution < -0.4 is 0 Å². The Balaban J connectivity index is 1.88. The van der Waals surface area contributed by atoms with Crippen molar-refractivity contribution in [2.45, 2.75) is 30.1 Å². The number of rotatable bonds is 3. The topological polar surface area (TPSA) is 38.7 Å². The second-order valence-corrected chi connectivity index (χ2v) is 6.58. The molecule has 0 aromatic heterocycles. The molecule has 1 aliphatic rings. The summed E-state index contributed by atoms with van der Waals surface area (Å²) in [6.45, 7) is 3.58. The van der Waals surface area contributed by atoms with Crippen molar-refractivity contribution in [2.75, 3.05) is 5.75 Å². The summed E-state index contributed by atoms with van der Waals surface area (Å²) in [6, 6.07) is 17.9. The van der Waals surface area contributed by atoms with E-state index in [1.54, 1.807) is 18.7 Å². The van der Waals surface area contributed by atoms with Crippen LogP contribution in [-0.2, 0) is 21.2 Å². The van der Waals surface area contributed by atoms with Crippen LogP contribution in [0.15, 0.2) is 59.5 Å². The lowest BCUT2D eigenvalue weighted by molar-refractivity contribution is -0.471. The molecule has 0 saturated carbocycles. The normalized spacial score (nSPS) is 28.1. The predicted octanol–water partition coefficient (Wildman–Crippen LogP) is 3.82. The van der Waals surface area contributed by atoms with E-state index in [0.717, 1.165) is 11.1 Å². The summed E-state index contributed by atoms with van der Waals surface area (Å²) < 4.78 is 0. The van der Waals surface area contributed by atoms with Gasteiger partial charge in [0.2, 0.25) is 5.79 Å². The van der Waals surface area contributed by atoms with Gasteiger partial charge in [-0.05, 0) is 31.5 Å². The van der Waals surface area contributed by atoms with Crippen LogP contribution >= 0.6 is 11.8 Å². The van der Waals surface area contributed by atoms with Gasteiger partial charge in [-0.1, -0.05) is 42.5 Å². The summed E-state index contributed by atoms with van der Waals surface area (Å²) in [4.78, 5) is 12.0. The number of aliphatic hydroxyl groups is 1. The van der Waals surface area contributed by atoms with Crippen LogP contribution in [0.5, 0.6) is 0 Å². The quantitative estimate of drug-likeness (QED) is 0.691. The molecule has 0 saturated heterocycles. The van der Waals surface area contributed by atoms with E-state index < -0.39 is 11.4 Å². The third-order valence-corrected chi connectivity index (χ3v) is 4.94. The minimum atomic E-state index is -1.41. The van der Waals surface area contributed by atoms with Gasteiger partial charge in [0.05, 0.1) is 0 Å². The molecule has 3 rings (SSSR count). The fourth-order valence-electron chi connectivity index (χ4n) is 2.45. The minimum absolute atomic E-state index is 0.598. The molecule has 3 nitrogen and oxygen atoms in total. The smallest absolute Gasteiger partial charge is 0.222 e. The summed E-state index contributed by atoms with van der Waals surface area (Å²) in [5.74, 6) is -0.711. The Morgan fingerprint density at radius 1 is 0.905 bits per heavy atom. The molecule has 0 aliphatic carbocycles. The number of hydrogen-bond donors (Lipinski definition) is 1. The van der Waals surface area contributed by atoms with Gasteiger partial charge in [-0.2, -0.15) is 4.89 Å². The number of thioether (sulfide) groups is 1. The molecule has 2 atom stereocenters. The molecule has 0 fully saturated rings. The van der Waals surface area contributed by atoms with Crippen LogP contribution in [-0.4, -0.2) is 10.9 Å². The third-order valence-electron chi connectivity index (χ3n) is 3.64. The molecule has 0 spiro atoms. The lowest BCUT2D eigenvalue weighted by atomic mass is 9.88. The summed E-state index contributed by atoms with van der Waals surface area (Å²) >= 11 is 1.70. The number of fused-ring (bicyclic) bond motifs is 1. The van der Waals surface area contributed by atoms with Gasteiger partial charge in [-0.3, -0.25) is 0 Å². The first-order valence-electron chi connectivity index (χ1n) is 6.88. The third kappa shape index (κ3) is 2.85. The van der Waals surface area contributed by atoms with Crippen molar-refractivity contribution in [1.29, 1.82) is 0 Å². The molecule has 110 valence electrons. The van der Waals surface area contributed by atoms with E-state index in [1.165, 1.54) is 4.90 Å². The maximum atomic E-state index is 10.3. The Bertz CT molecular complexity index is 627. The van der Waals surface area contributed by atoms with Gasteiger partial charge in [0.15, 0.2) is 0 Å². The summed E-state index contributed by atoms with van der Waals surface area (Å²) in [7, 11) is 0. The molecule has 1 aliphatic heterocycles. The summed E-state index contributed by atoms with van der Waals surface area (Å²) in [5, 5.41) is 10.3. The van der Waals surface area contributed by atoms with E-state index >= 15 is 0 Å². The molecule has 21 heavy (non-hydrogen) atoms. The van der Waals surface area contributed by atoms with Crippen LogP contribution in [0.1, 0.15) is 25.0 Å². The molecule has 1 N–H and O–H groups in total. The molecular weight excluding hydrogens is 284 g/mol. The molecule has 0 amide bonds. The predicted molar refractivity (Wildman–Crippen MR) is 82.7 cm³/mol. The van der Waals surface area contributed by atoms with E-state index in [-0.39, 0.29) is 0 Å². The molecular formula is C17H18O3S. The van der Waals surface area contributed by atoms with E-state index in [1.807, 2.05) is 49.4 Å². The van der Waals surface area contributed by atoms with Gasteiger partial charge in [0.25, 0.3) is 0 Å². The molecule has 2 aromatic rings. The van der Waals surface area contributed by atoms with Gasteiger partial charge in [-0.25, -0.2) is 4.89 Å². The Morgan fingerprint density at radius 3 is 2.24 bits per heavy atom. The molecule has 2 aromatic carbocycles. The van der Waals surface area contributed by atoms with Gasteiger partial charge in [-0.15, -0.1) is 11.8 Å². The number of hydrogen-bond acceptors (Lipinski definition) is 4. The largest absolute Gasteiger partial charge is 0.360 e. The minimum Gasteiger partial charge on any atom is -0.360 e. The fourth-order valence-corrected chi connectivity index (χ4v) is 3.45. The SMILES string of the molecule is CC1(O)OO[C@@](C)(CSc2ccccc2)c2ccccc21. The van der Waals surface area contributed by atoms with Crippen molar-refractivity contribution in [2.24, 2.45) is 0 Å². The zero-order valence-electron chi connectivity index (χ0n) is 12.1. The first-order valence-corrected chi connectivity index (χ1v) is 7.87. The van der Waals surface area contributed by atoms with E-state index in [0.29, 0.717) is 5.75 Å². The first kappa shape index (κ1) is 14.6. The van der Waals surface area contributed by atoms with Gasteiger partial charge < -0.3 is 5.11 Å². The zero-order valence-corrected chi connectivity index (χ0v) is 12.9. The molecule has 0 radical (unpaired) electrons. The van der Waals surface area contributed by atoms with Crippen LogP contribution in [0.3, 0.4) is 0 Å². The van der Waals surface area contributed by atoms with Gasteiger partial charge >= 0.3 is 0 Å². The highest BCUT2D eigenvalue weighted by atomic mass is 32.2. The Kier molecular flexibility index (Phi) is 3.80. The maximum Gasteiger partial charge on any atom is 0.222 e. The van der Waals surface area contributed by atoms with Crippen molar-refractivity contribution >= 4 is 11.8 Å². The molecule has 0 bridgehead atoms. The van der Waals surface area contributed by atoms with E-state index in [9.17, 15) is 5.11 Å². The Morgan fingerprint density at radius 2 is 1.52 bits per heavy atom.